The van der Waals surface area contributed by atoms with Gasteiger partial charge >= 0.3 is 0 Å². The standard InChI is InChI=1S/C21H17N3O/c1-2-16-13-18-20(23-24-22-18)19(17-11-7-4-8-12-17)21(16)25-14-15-9-5-3-6-10-15/h2-13H,1,14H2,(H,22,23,24). The van der Waals surface area contributed by atoms with Crippen LogP contribution in [-0.4, -0.2) is 15.4 Å². The third-order valence-corrected chi connectivity index (χ3v) is 4.10. The molecule has 0 saturated heterocycles. The average molecular weight is 327 g/mol. The van der Waals surface area contributed by atoms with E-state index in [-0.39, 0.29) is 0 Å². The van der Waals surface area contributed by atoms with Gasteiger partial charge in [-0.2, -0.15) is 15.4 Å². The number of H-pyrrole nitrogens is 1. The van der Waals surface area contributed by atoms with Gasteiger partial charge < -0.3 is 4.74 Å². The van der Waals surface area contributed by atoms with Crippen LogP contribution >= 0.6 is 0 Å². The van der Waals surface area contributed by atoms with Crippen molar-refractivity contribution in [3.05, 3.63) is 84.4 Å². The van der Waals surface area contributed by atoms with Crippen LogP contribution in [0.1, 0.15) is 11.1 Å². The summed E-state index contributed by atoms with van der Waals surface area (Å²) in [5.74, 6) is 0.770. The molecule has 25 heavy (non-hydrogen) atoms. The molecule has 0 aliphatic rings. The molecule has 0 fully saturated rings. The van der Waals surface area contributed by atoms with Gasteiger partial charge in [0, 0.05) is 5.56 Å². The van der Waals surface area contributed by atoms with Gasteiger partial charge in [0.25, 0.3) is 0 Å². The maximum Gasteiger partial charge on any atom is 0.137 e. The lowest BCUT2D eigenvalue weighted by molar-refractivity contribution is 0.307. The van der Waals surface area contributed by atoms with E-state index in [0.29, 0.717) is 6.61 Å². The zero-order valence-electron chi connectivity index (χ0n) is 13.6. The highest BCUT2D eigenvalue weighted by Crippen LogP contribution is 2.39. The highest BCUT2D eigenvalue weighted by molar-refractivity contribution is 5.97. The molecule has 0 aliphatic heterocycles. The molecule has 0 spiro atoms. The van der Waals surface area contributed by atoms with Crippen LogP contribution in [0, 0.1) is 0 Å². The number of nitrogens with zero attached hydrogens (tertiary/aromatic N) is 2. The van der Waals surface area contributed by atoms with Crippen LogP contribution in [-0.2, 0) is 6.61 Å². The van der Waals surface area contributed by atoms with Crippen molar-refractivity contribution in [2.75, 3.05) is 0 Å². The average Bonchev–Trinajstić information content (AvgIpc) is 3.14. The lowest BCUT2D eigenvalue weighted by atomic mass is 9.99. The molecule has 1 aromatic heterocycles. The fourth-order valence-electron chi connectivity index (χ4n) is 2.90. The molecule has 4 heteroatoms. The molecule has 4 aromatic rings. The van der Waals surface area contributed by atoms with Crippen molar-refractivity contribution in [3.63, 3.8) is 0 Å². The first-order chi connectivity index (χ1) is 12.4. The van der Waals surface area contributed by atoms with E-state index in [1.807, 2.05) is 66.7 Å². The molecule has 0 unspecified atom stereocenters. The summed E-state index contributed by atoms with van der Waals surface area (Å²) in [6.07, 6.45) is 1.79. The first kappa shape index (κ1) is 15.1. The molecular formula is C21H17N3O. The molecule has 1 N–H and O–H groups in total. The second-order valence-electron chi connectivity index (χ2n) is 5.71. The van der Waals surface area contributed by atoms with Crippen molar-refractivity contribution in [3.8, 4) is 16.9 Å². The smallest absolute Gasteiger partial charge is 0.137 e. The highest BCUT2D eigenvalue weighted by Gasteiger charge is 2.18. The minimum Gasteiger partial charge on any atom is -0.488 e. The molecular weight excluding hydrogens is 310 g/mol. The quantitative estimate of drug-likeness (QED) is 0.570. The van der Waals surface area contributed by atoms with Crippen LogP contribution in [0.3, 0.4) is 0 Å². The van der Waals surface area contributed by atoms with Crippen molar-refractivity contribution in [1.29, 1.82) is 0 Å². The lowest BCUT2D eigenvalue weighted by Gasteiger charge is -2.15. The van der Waals surface area contributed by atoms with Crippen LogP contribution in [0.4, 0.5) is 0 Å². The van der Waals surface area contributed by atoms with Crippen molar-refractivity contribution < 1.29 is 4.74 Å². The van der Waals surface area contributed by atoms with Crippen molar-refractivity contribution >= 4 is 17.1 Å². The Balaban J connectivity index is 1.87. The molecule has 4 nitrogen and oxygen atoms in total. The lowest BCUT2D eigenvalue weighted by Crippen LogP contribution is -2.00. The van der Waals surface area contributed by atoms with Gasteiger partial charge in [-0.15, -0.1) is 0 Å². The van der Waals surface area contributed by atoms with Gasteiger partial charge in [-0.05, 0) is 17.2 Å². The Morgan fingerprint density at radius 1 is 0.960 bits per heavy atom. The van der Waals surface area contributed by atoms with E-state index in [1.54, 1.807) is 6.08 Å². The number of nitrogens with one attached hydrogen (secondary N) is 1. The molecule has 122 valence electrons. The Bertz CT molecular complexity index is 1010. The van der Waals surface area contributed by atoms with Crippen LogP contribution in [0.15, 0.2) is 73.3 Å². The van der Waals surface area contributed by atoms with Crippen LogP contribution < -0.4 is 4.74 Å². The summed E-state index contributed by atoms with van der Waals surface area (Å²) < 4.78 is 6.22. The van der Waals surface area contributed by atoms with Gasteiger partial charge in [0.2, 0.25) is 0 Å². The van der Waals surface area contributed by atoms with Crippen LogP contribution in [0.25, 0.3) is 28.2 Å². The van der Waals surface area contributed by atoms with E-state index < -0.39 is 0 Å². The number of hydrogen-bond donors (Lipinski definition) is 1. The van der Waals surface area contributed by atoms with E-state index in [4.69, 9.17) is 4.74 Å². The first-order valence-corrected chi connectivity index (χ1v) is 8.09. The fraction of sp³-hybridized carbons (Fsp3) is 0.0476. The summed E-state index contributed by atoms with van der Waals surface area (Å²) >= 11 is 0. The summed E-state index contributed by atoms with van der Waals surface area (Å²) in [4.78, 5) is 0. The van der Waals surface area contributed by atoms with E-state index in [0.717, 1.165) is 39.0 Å². The zero-order valence-corrected chi connectivity index (χ0v) is 13.6. The topological polar surface area (TPSA) is 50.8 Å². The van der Waals surface area contributed by atoms with Crippen molar-refractivity contribution in [1.82, 2.24) is 15.4 Å². The number of hydrogen-bond acceptors (Lipinski definition) is 3. The molecule has 0 atom stereocenters. The molecule has 0 aliphatic carbocycles. The Morgan fingerprint density at radius 3 is 2.40 bits per heavy atom. The number of aromatic amines is 1. The molecule has 0 bridgehead atoms. The van der Waals surface area contributed by atoms with Crippen LogP contribution in [0.2, 0.25) is 0 Å². The highest BCUT2D eigenvalue weighted by atomic mass is 16.5. The van der Waals surface area contributed by atoms with E-state index in [9.17, 15) is 0 Å². The first-order valence-electron chi connectivity index (χ1n) is 8.09. The zero-order chi connectivity index (χ0) is 17.1. The maximum absolute atomic E-state index is 6.22. The summed E-state index contributed by atoms with van der Waals surface area (Å²) in [6.45, 7) is 4.41. The minimum atomic E-state index is 0.477. The summed E-state index contributed by atoms with van der Waals surface area (Å²) in [7, 11) is 0. The predicted molar refractivity (Wildman–Crippen MR) is 100 cm³/mol. The van der Waals surface area contributed by atoms with Gasteiger partial charge in [0.05, 0.1) is 5.56 Å². The largest absolute Gasteiger partial charge is 0.488 e. The number of aromatic nitrogens is 3. The van der Waals surface area contributed by atoms with Crippen molar-refractivity contribution in [2.24, 2.45) is 0 Å². The third-order valence-electron chi connectivity index (χ3n) is 4.10. The Kier molecular flexibility index (Phi) is 4.01. The molecule has 0 radical (unpaired) electrons. The second kappa shape index (κ2) is 6.61. The van der Waals surface area contributed by atoms with Gasteiger partial charge in [0.15, 0.2) is 0 Å². The van der Waals surface area contributed by atoms with Gasteiger partial charge in [0.1, 0.15) is 23.4 Å². The SMILES string of the molecule is C=Cc1cc2n[nH]nc2c(-c2ccccc2)c1OCc1ccccc1. The summed E-state index contributed by atoms with van der Waals surface area (Å²) in [5.41, 5.74) is 5.56. The monoisotopic (exact) mass is 327 g/mol. The minimum absolute atomic E-state index is 0.477. The Morgan fingerprint density at radius 2 is 1.68 bits per heavy atom. The number of ether oxygens (including phenoxy) is 1. The van der Waals surface area contributed by atoms with Crippen molar-refractivity contribution in [2.45, 2.75) is 6.61 Å². The van der Waals surface area contributed by atoms with Gasteiger partial charge in [-0.1, -0.05) is 73.3 Å². The number of rotatable bonds is 5. The summed E-state index contributed by atoms with van der Waals surface area (Å²) in [6, 6.07) is 22.1. The predicted octanol–water partition coefficient (Wildman–Crippen LogP) is 4.85. The second-order valence-corrected chi connectivity index (χ2v) is 5.71. The normalized spacial score (nSPS) is 10.7. The number of fused-ring (bicyclic) bond motifs is 1. The van der Waals surface area contributed by atoms with Gasteiger partial charge in [-0.25, -0.2) is 0 Å². The van der Waals surface area contributed by atoms with E-state index >= 15 is 0 Å². The van der Waals surface area contributed by atoms with Gasteiger partial charge in [-0.3, -0.25) is 0 Å². The molecule has 0 saturated carbocycles. The van der Waals surface area contributed by atoms with Crippen LogP contribution in [0.5, 0.6) is 5.75 Å². The van der Waals surface area contributed by atoms with E-state index in [1.165, 1.54) is 0 Å². The third kappa shape index (κ3) is 2.90. The molecule has 3 aromatic carbocycles. The molecule has 4 rings (SSSR count). The maximum atomic E-state index is 6.22. The fourth-order valence-corrected chi connectivity index (χ4v) is 2.90. The Hall–Kier alpha value is -3.40. The summed E-state index contributed by atoms with van der Waals surface area (Å²) in [5, 5.41) is 11.3. The van der Waals surface area contributed by atoms with E-state index in [2.05, 4.69) is 22.0 Å². The number of benzene rings is 3. The molecule has 1 heterocycles. The molecule has 0 amide bonds. The Labute approximate surface area is 145 Å².